The second-order valence-corrected chi connectivity index (χ2v) is 4.65. The van der Waals surface area contributed by atoms with Gasteiger partial charge in [0.05, 0.1) is 0 Å². The van der Waals surface area contributed by atoms with E-state index in [1.807, 2.05) is 6.92 Å². The highest BCUT2D eigenvalue weighted by Crippen LogP contribution is 2.58. The predicted molar refractivity (Wildman–Crippen MR) is 48.2 cm³/mol. The third kappa shape index (κ3) is 2.40. The highest BCUT2D eigenvalue weighted by Gasteiger charge is 2.50. The molecule has 1 heterocycles. The molecule has 4 nitrogen and oxygen atoms in total. The van der Waals surface area contributed by atoms with Crippen molar-refractivity contribution in [2.24, 2.45) is 0 Å². The monoisotopic (exact) mass is 238 g/mol. The van der Waals surface area contributed by atoms with E-state index in [0.717, 1.165) is 12.1 Å². The molecular weight excluding hydrogens is 227 g/mol. The minimum atomic E-state index is -5.46. The molecule has 0 aliphatic heterocycles. The zero-order valence-corrected chi connectivity index (χ0v) is 8.86. The summed E-state index contributed by atoms with van der Waals surface area (Å²) in [5.74, 6) is 0. The van der Waals surface area contributed by atoms with Crippen LogP contribution in [0.3, 0.4) is 0 Å². The predicted octanol–water partition coefficient (Wildman–Crippen LogP) is 1.22. The lowest BCUT2D eigenvalue weighted by atomic mass is 10.3. The summed E-state index contributed by atoms with van der Waals surface area (Å²) in [4.78, 5) is 17.0. The van der Waals surface area contributed by atoms with E-state index >= 15 is 0 Å². The maximum atomic E-state index is 13.1. The largest absolute Gasteiger partial charge is 0.399 e. The molecule has 0 atom stereocenters. The van der Waals surface area contributed by atoms with Gasteiger partial charge in [-0.3, -0.25) is 4.57 Å². The van der Waals surface area contributed by atoms with Gasteiger partial charge in [0, 0.05) is 17.7 Å². The van der Waals surface area contributed by atoms with Crippen molar-refractivity contribution in [2.75, 3.05) is 0 Å². The van der Waals surface area contributed by atoms with Gasteiger partial charge in [-0.2, -0.15) is 8.78 Å². The Morgan fingerprint density at radius 1 is 1.40 bits per heavy atom. The van der Waals surface area contributed by atoms with Crippen molar-refractivity contribution in [2.45, 2.75) is 19.1 Å². The van der Waals surface area contributed by atoms with Crippen LogP contribution in [0.5, 0.6) is 0 Å². The van der Waals surface area contributed by atoms with Crippen LogP contribution in [0.15, 0.2) is 24.5 Å². The lowest BCUT2D eigenvalue weighted by Crippen LogP contribution is -2.31. The van der Waals surface area contributed by atoms with Crippen LogP contribution in [0, 0.1) is 0 Å². The average Bonchev–Trinajstić information content (AvgIpc) is 2.16. The molecule has 0 saturated heterocycles. The first kappa shape index (κ1) is 12.2. The first-order chi connectivity index (χ1) is 6.79. The van der Waals surface area contributed by atoms with E-state index in [9.17, 15) is 13.3 Å². The Balaban J connectivity index is 3.11. The van der Waals surface area contributed by atoms with Gasteiger partial charge in [-0.15, -0.1) is 0 Å². The fourth-order valence-corrected chi connectivity index (χ4v) is 1.52. The topological polar surface area (TPSA) is 61.4 Å². The molecule has 15 heavy (non-hydrogen) atoms. The van der Waals surface area contributed by atoms with E-state index in [4.69, 9.17) is 9.79 Å². The van der Waals surface area contributed by atoms with Crippen LogP contribution in [0.2, 0.25) is 0 Å². The van der Waals surface area contributed by atoms with Gasteiger partial charge in [0.2, 0.25) is 0 Å². The quantitative estimate of drug-likeness (QED) is 0.614. The maximum Gasteiger partial charge on any atom is 0.399 e. The molecular formula is C8H11F2NO3P+. The zero-order chi connectivity index (χ0) is 11.7. The lowest BCUT2D eigenvalue weighted by Gasteiger charge is -2.16. The molecule has 0 fully saturated rings. The smallest absolute Gasteiger partial charge is 0.320 e. The SMILES string of the molecule is CC[n+]1ccc(C(F)(F)P(=O)(O)O)cc1. The standard InChI is InChI=1S/C8H10F2NO3P/c1-2-11-5-3-7(4-6-11)8(9,10)15(12,13)14/h3-6H,2H2,1H3,(H-,12,13,14)/p+1. The summed E-state index contributed by atoms with van der Waals surface area (Å²) >= 11 is 0. The number of aryl methyl sites for hydroxylation is 1. The van der Waals surface area contributed by atoms with Gasteiger partial charge in [0.25, 0.3) is 0 Å². The summed E-state index contributed by atoms with van der Waals surface area (Å²) in [6.07, 6.45) is 2.69. The van der Waals surface area contributed by atoms with Crippen LogP contribution in [0.4, 0.5) is 8.78 Å². The van der Waals surface area contributed by atoms with Crippen molar-refractivity contribution in [3.05, 3.63) is 30.1 Å². The van der Waals surface area contributed by atoms with Crippen molar-refractivity contribution in [1.82, 2.24) is 0 Å². The van der Waals surface area contributed by atoms with Crippen molar-refractivity contribution < 1.29 is 27.7 Å². The molecule has 0 saturated carbocycles. The zero-order valence-electron chi connectivity index (χ0n) is 7.97. The Labute approximate surface area is 85.3 Å². The van der Waals surface area contributed by atoms with Gasteiger partial charge in [-0.05, 0) is 6.92 Å². The van der Waals surface area contributed by atoms with Gasteiger partial charge in [0.15, 0.2) is 12.4 Å². The Morgan fingerprint density at radius 2 is 1.87 bits per heavy atom. The summed E-state index contributed by atoms with van der Waals surface area (Å²) in [6, 6.07) is 2.01. The molecule has 0 unspecified atom stereocenters. The van der Waals surface area contributed by atoms with E-state index < -0.39 is 18.8 Å². The highest BCUT2D eigenvalue weighted by atomic mass is 31.2. The molecule has 0 amide bonds. The van der Waals surface area contributed by atoms with Gasteiger partial charge in [0.1, 0.15) is 6.54 Å². The van der Waals surface area contributed by atoms with Gasteiger partial charge < -0.3 is 9.79 Å². The van der Waals surface area contributed by atoms with E-state index in [2.05, 4.69) is 0 Å². The molecule has 0 aromatic carbocycles. The number of halogens is 2. The van der Waals surface area contributed by atoms with E-state index in [1.165, 1.54) is 12.4 Å². The number of hydrogen-bond donors (Lipinski definition) is 2. The fourth-order valence-electron chi connectivity index (χ4n) is 1.04. The highest BCUT2D eigenvalue weighted by molar-refractivity contribution is 7.52. The van der Waals surface area contributed by atoms with E-state index in [0.29, 0.717) is 6.54 Å². The van der Waals surface area contributed by atoms with Crippen molar-refractivity contribution in [1.29, 1.82) is 0 Å². The number of hydrogen-bond acceptors (Lipinski definition) is 1. The van der Waals surface area contributed by atoms with Crippen molar-refractivity contribution >= 4 is 7.60 Å². The van der Waals surface area contributed by atoms with Crippen molar-refractivity contribution in [3.63, 3.8) is 0 Å². The van der Waals surface area contributed by atoms with E-state index in [-0.39, 0.29) is 0 Å². The lowest BCUT2D eigenvalue weighted by molar-refractivity contribution is -0.693. The molecule has 7 heteroatoms. The van der Waals surface area contributed by atoms with Crippen LogP contribution in [-0.2, 0) is 16.8 Å². The molecule has 0 spiro atoms. The summed E-state index contributed by atoms with van der Waals surface area (Å²) in [5, 5.41) is 0. The average molecular weight is 238 g/mol. The first-order valence-electron chi connectivity index (χ1n) is 4.22. The molecule has 1 aromatic heterocycles. The number of nitrogens with zero attached hydrogens (tertiary/aromatic N) is 1. The Morgan fingerprint density at radius 3 is 2.20 bits per heavy atom. The molecule has 2 N–H and O–H groups in total. The van der Waals surface area contributed by atoms with Gasteiger partial charge in [-0.1, -0.05) is 0 Å². The fraction of sp³-hybridized carbons (Fsp3) is 0.375. The third-order valence-electron chi connectivity index (χ3n) is 1.97. The molecule has 84 valence electrons. The van der Waals surface area contributed by atoms with Crippen LogP contribution in [-0.4, -0.2) is 9.79 Å². The minimum absolute atomic E-state index is 0.599. The van der Waals surface area contributed by atoms with Crippen LogP contribution < -0.4 is 4.57 Å². The summed E-state index contributed by atoms with van der Waals surface area (Å²) in [6.45, 7) is 2.42. The maximum absolute atomic E-state index is 13.1. The summed E-state index contributed by atoms with van der Waals surface area (Å²) in [5.41, 5.74) is -4.81. The van der Waals surface area contributed by atoms with Crippen LogP contribution >= 0.6 is 7.60 Å². The Kier molecular flexibility index (Phi) is 3.23. The van der Waals surface area contributed by atoms with Crippen molar-refractivity contribution in [3.8, 4) is 0 Å². The molecule has 0 radical (unpaired) electrons. The Bertz CT molecular complexity index is 387. The van der Waals surface area contributed by atoms with Crippen LogP contribution in [0.25, 0.3) is 0 Å². The van der Waals surface area contributed by atoms with Gasteiger partial charge in [-0.25, -0.2) is 4.57 Å². The van der Waals surface area contributed by atoms with Gasteiger partial charge >= 0.3 is 13.3 Å². The summed E-state index contributed by atoms with van der Waals surface area (Å²) < 4.78 is 38.4. The second-order valence-electron chi connectivity index (χ2n) is 3.00. The molecule has 1 aromatic rings. The number of rotatable bonds is 3. The van der Waals surface area contributed by atoms with Crippen LogP contribution in [0.1, 0.15) is 12.5 Å². The third-order valence-corrected chi connectivity index (χ3v) is 2.96. The van der Waals surface area contributed by atoms with E-state index in [1.54, 1.807) is 4.57 Å². The Hall–Kier alpha value is -0.840. The second kappa shape index (κ2) is 3.96. The summed E-state index contributed by atoms with van der Waals surface area (Å²) in [7, 11) is -5.46. The normalized spacial score (nSPS) is 12.9. The number of alkyl halides is 2. The minimum Gasteiger partial charge on any atom is -0.320 e. The molecule has 0 aliphatic rings. The number of pyridine rings is 1. The molecule has 0 aliphatic carbocycles. The molecule has 1 rings (SSSR count). The number of aromatic nitrogens is 1. The molecule has 0 bridgehead atoms. The first-order valence-corrected chi connectivity index (χ1v) is 5.83.